The summed E-state index contributed by atoms with van der Waals surface area (Å²) in [7, 11) is 1.55. The summed E-state index contributed by atoms with van der Waals surface area (Å²) in [4.78, 5) is 3.96. The number of aliphatic hydroxyl groups excluding tert-OH is 1. The third-order valence-electron chi connectivity index (χ3n) is 1.69. The van der Waals surface area contributed by atoms with Crippen LogP contribution in [0, 0.1) is 0 Å². The Morgan fingerprint density at radius 3 is 2.92 bits per heavy atom. The third-order valence-corrected chi connectivity index (χ3v) is 1.69. The van der Waals surface area contributed by atoms with Crippen LogP contribution in [0.4, 0.5) is 0 Å². The zero-order chi connectivity index (χ0) is 9.84. The van der Waals surface area contributed by atoms with Crippen molar-refractivity contribution in [2.45, 2.75) is 19.1 Å². The number of aliphatic hydroxyl groups is 1. The van der Waals surface area contributed by atoms with E-state index in [1.165, 1.54) is 0 Å². The molecule has 0 saturated carbocycles. The van der Waals surface area contributed by atoms with Gasteiger partial charge in [-0.05, 0) is 6.92 Å². The van der Waals surface area contributed by atoms with Crippen LogP contribution in [0.5, 0.6) is 0 Å². The fourth-order valence-corrected chi connectivity index (χ4v) is 0.746. The van der Waals surface area contributed by atoms with Crippen LogP contribution < -0.4 is 5.73 Å². The van der Waals surface area contributed by atoms with Crippen molar-refractivity contribution in [3.63, 3.8) is 0 Å². The van der Waals surface area contributed by atoms with E-state index in [1.54, 1.807) is 14.0 Å². The minimum atomic E-state index is -0.620. The first-order valence-corrected chi connectivity index (χ1v) is 3.91. The lowest BCUT2D eigenvalue weighted by atomic mass is 10.3. The van der Waals surface area contributed by atoms with Crippen molar-refractivity contribution in [3.8, 4) is 0 Å². The molecule has 0 aliphatic carbocycles. The van der Waals surface area contributed by atoms with Crippen LogP contribution >= 0.6 is 0 Å². The van der Waals surface area contributed by atoms with Crippen LogP contribution in [-0.4, -0.2) is 29.0 Å². The lowest BCUT2D eigenvalue weighted by molar-refractivity contribution is 0.109. The molecule has 1 rings (SSSR count). The first-order valence-electron chi connectivity index (χ1n) is 3.91. The van der Waals surface area contributed by atoms with Gasteiger partial charge in [0.1, 0.15) is 12.1 Å². The van der Waals surface area contributed by atoms with Crippen LogP contribution in [0.1, 0.15) is 30.8 Å². The summed E-state index contributed by atoms with van der Waals surface area (Å²) < 4.78 is 9.79. The summed E-state index contributed by atoms with van der Waals surface area (Å²) in [5.41, 5.74) is 5.46. The fraction of sp³-hybridized carbons (Fsp3) is 0.714. The largest absolute Gasteiger partial charge is 0.394 e. The van der Waals surface area contributed by atoms with E-state index in [0.29, 0.717) is 5.82 Å². The van der Waals surface area contributed by atoms with Crippen molar-refractivity contribution < 1.29 is 14.4 Å². The van der Waals surface area contributed by atoms with Crippen molar-refractivity contribution in [2.24, 2.45) is 5.73 Å². The molecule has 1 heterocycles. The van der Waals surface area contributed by atoms with E-state index >= 15 is 0 Å². The van der Waals surface area contributed by atoms with Crippen molar-refractivity contribution in [3.05, 3.63) is 11.7 Å². The van der Waals surface area contributed by atoms with E-state index in [1.807, 2.05) is 0 Å². The summed E-state index contributed by atoms with van der Waals surface area (Å²) in [6.45, 7) is 1.57. The average Bonchev–Trinajstić information content (AvgIpc) is 2.64. The maximum atomic E-state index is 8.71. The fourth-order valence-electron chi connectivity index (χ4n) is 0.746. The molecule has 0 aliphatic heterocycles. The molecule has 13 heavy (non-hydrogen) atoms. The number of nitrogens with zero attached hydrogens (tertiary/aromatic N) is 2. The Balaban J connectivity index is 2.74. The topological polar surface area (TPSA) is 94.4 Å². The highest BCUT2D eigenvalue weighted by Gasteiger charge is 2.16. The Hall–Kier alpha value is -0.980. The molecule has 1 aromatic heterocycles. The minimum absolute atomic E-state index is 0.219. The van der Waals surface area contributed by atoms with E-state index in [2.05, 4.69) is 10.1 Å². The van der Waals surface area contributed by atoms with Gasteiger partial charge in [0, 0.05) is 7.11 Å². The first-order chi connectivity index (χ1) is 6.19. The van der Waals surface area contributed by atoms with Gasteiger partial charge in [0.15, 0.2) is 5.82 Å². The Morgan fingerprint density at radius 2 is 2.38 bits per heavy atom. The molecule has 74 valence electrons. The molecule has 2 unspecified atom stereocenters. The summed E-state index contributed by atoms with van der Waals surface area (Å²) in [6, 6.07) is -0.620. The molecule has 0 bridgehead atoms. The summed E-state index contributed by atoms with van der Waals surface area (Å²) in [5, 5.41) is 12.4. The molecule has 2 atom stereocenters. The standard InChI is InChI=1S/C7H13N3O3/c1-4(12-2)6-9-7(13-10-6)5(8)3-11/h4-5,11H,3,8H2,1-2H3. The number of hydrogen-bond acceptors (Lipinski definition) is 6. The maximum absolute atomic E-state index is 8.71. The summed E-state index contributed by atoms with van der Waals surface area (Å²) in [5.74, 6) is 0.655. The van der Waals surface area contributed by atoms with Crippen molar-refractivity contribution >= 4 is 0 Å². The zero-order valence-electron chi connectivity index (χ0n) is 7.60. The molecular weight excluding hydrogens is 174 g/mol. The van der Waals surface area contributed by atoms with Gasteiger partial charge in [-0.15, -0.1) is 0 Å². The molecule has 0 saturated heterocycles. The lowest BCUT2D eigenvalue weighted by Gasteiger charge is -2.01. The monoisotopic (exact) mass is 187 g/mol. The SMILES string of the molecule is COC(C)c1noc(C(N)CO)n1. The molecule has 3 N–H and O–H groups in total. The Labute approximate surface area is 75.7 Å². The highest BCUT2D eigenvalue weighted by atomic mass is 16.5. The number of rotatable bonds is 4. The predicted octanol–water partition coefficient (Wildman–Crippen LogP) is -0.231. The summed E-state index contributed by atoms with van der Waals surface area (Å²) >= 11 is 0. The smallest absolute Gasteiger partial charge is 0.246 e. The lowest BCUT2D eigenvalue weighted by Crippen LogP contribution is -2.15. The molecular formula is C7H13N3O3. The molecule has 0 spiro atoms. The number of hydrogen-bond donors (Lipinski definition) is 2. The zero-order valence-corrected chi connectivity index (χ0v) is 7.60. The quantitative estimate of drug-likeness (QED) is 0.676. The number of ether oxygens (including phenoxy) is 1. The number of methoxy groups -OCH3 is 1. The van der Waals surface area contributed by atoms with E-state index in [0.717, 1.165) is 0 Å². The van der Waals surface area contributed by atoms with Crippen LogP contribution in [0.25, 0.3) is 0 Å². The molecule has 0 aliphatic rings. The second-order valence-electron chi connectivity index (χ2n) is 2.66. The van der Waals surface area contributed by atoms with E-state index < -0.39 is 6.04 Å². The Bertz CT molecular complexity index is 239. The molecule has 1 aromatic rings. The van der Waals surface area contributed by atoms with Gasteiger partial charge in [-0.2, -0.15) is 4.98 Å². The van der Waals surface area contributed by atoms with Gasteiger partial charge in [0.25, 0.3) is 0 Å². The van der Waals surface area contributed by atoms with E-state index in [9.17, 15) is 0 Å². The van der Waals surface area contributed by atoms with Gasteiger partial charge in [-0.25, -0.2) is 0 Å². The van der Waals surface area contributed by atoms with Gasteiger partial charge >= 0.3 is 0 Å². The van der Waals surface area contributed by atoms with Crippen molar-refractivity contribution in [1.29, 1.82) is 0 Å². The second kappa shape index (κ2) is 4.31. The second-order valence-corrected chi connectivity index (χ2v) is 2.66. The van der Waals surface area contributed by atoms with Gasteiger partial charge in [0.05, 0.1) is 6.61 Å². The normalized spacial score (nSPS) is 15.7. The van der Waals surface area contributed by atoms with Crippen molar-refractivity contribution in [2.75, 3.05) is 13.7 Å². The predicted molar refractivity (Wildman–Crippen MR) is 43.7 cm³/mol. The summed E-state index contributed by atoms with van der Waals surface area (Å²) in [6.07, 6.45) is -0.233. The van der Waals surface area contributed by atoms with Crippen LogP contribution in [0.2, 0.25) is 0 Å². The molecule has 0 fully saturated rings. The number of nitrogens with two attached hydrogens (primary N) is 1. The first kappa shape index (κ1) is 10.1. The van der Waals surface area contributed by atoms with Crippen molar-refractivity contribution in [1.82, 2.24) is 10.1 Å². The Kier molecular flexibility index (Phi) is 3.35. The van der Waals surface area contributed by atoms with Gasteiger partial charge in [-0.1, -0.05) is 5.16 Å². The Morgan fingerprint density at radius 1 is 1.69 bits per heavy atom. The van der Waals surface area contributed by atoms with Gasteiger partial charge < -0.3 is 20.1 Å². The average molecular weight is 187 g/mol. The third kappa shape index (κ3) is 2.24. The molecule has 6 nitrogen and oxygen atoms in total. The van der Waals surface area contributed by atoms with Crippen LogP contribution in [0.15, 0.2) is 4.52 Å². The molecule has 0 radical (unpaired) electrons. The van der Waals surface area contributed by atoms with Gasteiger partial charge in [0.2, 0.25) is 5.89 Å². The van der Waals surface area contributed by atoms with Crippen LogP contribution in [-0.2, 0) is 4.74 Å². The highest BCUT2D eigenvalue weighted by molar-refractivity contribution is 4.93. The highest BCUT2D eigenvalue weighted by Crippen LogP contribution is 2.14. The molecule has 0 aromatic carbocycles. The molecule has 0 amide bonds. The number of aromatic nitrogens is 2. The van der Waals surface area contributed by atoms with Crippen LogP contribution in [0.3, 0.4) is 0 Å². The minimum Gasteiger partial charge on any atom is -0.394 e. The maximum Gasteiger partial charge on any atom is 0.246 e. The van der Waals surface area contributed by atoms with E-state index in [4.69, 9.17) is 20.1 Å². The molecule has 6 heteroatoms. The van der Waals surface area contributed by atoms with Gasteiger partial charge in [-0.3, -0.25) is 0 Å². The van der Waals surface area contributed by atoms with E-state index in [-0.39, 0.29) is 18.6 Å².